The second-order valence-corrected chi connectivity index (χ2v) is 14.7. The van der Waals surface area contributed by atoms with E-state index in [2.05, 4.69) is 169 Å². The Hall–Kier alpha value is -7.22. The first-order valence-electron chi connectivity index (χ1n) is 18.6. The number of nitrogens with zero attached hydrogens (tertiary/aromatic N) is 3. The molecule has 0 aliphatic carbocycles. The van der Waals surface area contributed by atoms with E-state index in [0.29, 0.717) is 5.69 Å². The molecular formula is C51H35N3O. The van der Waals surface area contributed by atoms with Crippen LogP contribution in [0.3, 0.4) is 0 Å². The predicted octanol–water partition coefficient (Wildman–Crippen LogP) is 13.8. The number of fused-ring (bicyclic) bond motifs is 5. The van der Waals surface area contributed by atoms with Crippen LogP contribution >= 0.6 is 0 Å². The fourth-order valence-electron chi connectivity index (χ4n) is 8.17. The van der Waals surface area contributed by atoms with Gasteiger partial charge in [-0.1, -0.05) is 111 Å². The van der Waals surface area contributed by atoms with Crippen molar-refractivity contribution in [2.24, 2.45) is 0 Å². The van der Waals surface area contributed by atoms with Crippen molar-refractivity contribution in [1.82, 2.24) is 9.55 Å². The van der Waals surface area contributed by atoms with Gasteiger partial charge in [-0.3, -0.25) is 0 Å². The number of hydrogen-bond acceptors (Lipinski definition) is 2. The van der Waals surface area contributed by atoms with Crippen molar-refractivity contribution >= 4 is 27.5 Å². The van der Waals surface area contributed by atoms with Crippen molar-refractivity contribution < 1.29 is 4.74 Å². The lowest BCUT2D eigenvalue weighted by Crippen LogP contribution is -2.24. The van der Waals surface area contributed by atoms with Crippen LogP contribution in [-0.2, 0) is 5.41 Å². The number of rotatable bonds is 5. The average molecular weight is 706 g/mol. The number of hydrogen-bond donors (Lipinski definition) is 0. The Morgan fingerprint density at radius 3 is 1.69 bits per heavy atom. The maximum Gasteiger partial charge on any atom is 0.188 e. The van der Waals surface area contributed by atoms with Gasteiger partial charge in [0.25, 0.3) is 0 Å². The molecule has 0 fully saturated rings. The SMILES string of the molecule is [C-]#[N+]c1ccc2c(c1)c1cc(-c3ccc4c(c3)C(C)(C)c3cc(-c5cc(-c6ccccc6)cc(-c6ccccc6)n5)ccc3O4)ccc1n2-c1ccccc1. The lowest BCUT2D eigenvalue weighted by molar-refractivity contribution is 0.418. The number of pyridine rings is 1. The summed E-state index contributed by atoms with van der Waals surface area (Å²) in [7, 11) is 0. The molecule has 0 radical (unpaired) electrons. The highest BCUT2D eigenvalue weighted by atomic mass is 16.5. The smallest absolute Gasteiger partial charge is 0.188 e. The van der Waals surface area contributed by atoms with E-state index < -0.39 is 0 Å². The number of benzene rings is 7. The van der Waals surface area contributed by atoms with Gasteiger partial charge in [0.15, 0.2) is 5.69 Å². The van der Waals surface area contributed by atoms with Gasteiger partial charge in [-0.05, 0) is 107 Å². The molecule has 1 aliphatic rings. The fraction of sp³-hybridized carbons (Fsp3) is 0.0588. The molecule has 0 amide bonds. The standard InChI is InChI=1S/C51H35N3O/c1-51(2)43-28-36(35-19-23-47-41(27-35)42-32-39(52-3)22-24-48(42)54(47)40-17-11-6-12-18-40)20-25-49(43)55-50-26-21-37(29-44(50)51)46-31-38(33-13-7-4-8-14-33)30-45(53-46)34-15-9-5-10-16-34/h4-32H,1-2H3. The van der Waals surface area contributed by atoms with Crippen LogP contribution in [0.5, 0.6) is 11.5 Å². The van der Waals surface area contributed by atoms with Crippen LogP contribution in [0.15, 0.2) is 176 Å². The Kier molecular flexibility index (Phi) is 7.50. The largest absolute Gasteiger partial charge is 0.457 e. The van der Waals surface area contributed by atoms with Crippen molar-refractivity contribution in [2.75, 3.05) is 0 Å². The molecular weight excluding hydrogens is 671 g/mol. The van der Waals surface area contributed by atoms with Gasteiger partial charge in [0.2, 0.25) is 0 Å². The summed E-state index contributed by atoms with van der Waals surface area (Å²) in [5, 5.41) is 2.18. The third-order valence-electron chi connectivity index (χ3n) is 11.0. The summed E-state index contributed by atoms with van der Waals surface area (Å²) in [5.74, 6) is 1.73. The van der Waals surface area contributed by atoms with E-state index in [1.807, 2.05) is 30.3 Å². The summed E-state index contributed by atoms with van der Waals surface area (Å²) in [6, 6.07) is 61.4. The quantitative estimate of drug-likeness (QED) is 0.167. The Labute approximate surface area is 320 Å². The minimum Gasteiger partial charge on any atom is -0.457 e. The van der Waals surface area contributed by atoms with E-state index in [1.54, 1.807) is 0 Å². The van der Waals surface area contributed by atoms with Gasteiger partial charge in [0.05, 0.1) is 29.0 Å². The minimum atomic E-state index is -0.355. The summed E-state index contributed by atoms with van der Waals surface area (Å²) in [6.45, 7) is 12.3. The minimum absolute atomic E-state index is 0.355. The van der Waals surface area contributed by atoms with Gasteiger partial charge in [0, 0.05) is 38.7 Å². The third kappa shape index (κ3) is 5.48. The van der Waals surface area contributed by atoms with Crippen molar-refractivity contribution in [3.63, 3.8) is 0 Å². The molecule has 2 aromatic heterocycles. The van der Waals surface area contributed by atoms with Gasteiger partial charge in [0.1, 0.15) is 11.5 Å². The normalized spacial score (nSPS) is 12.8. The van der Waals surface area contributed by atoms with Crippen molar-refractivity contribution in [2.45, 2.75) is 19.3 Å². The van der Waals surface area contributed by atoms with Crippen LogP contribution in [0, 0.1) is 6.57 Å². The van der Waals surface area contributed by atoms with E-state index in [-0.39, 0.29) is 5.41 Å². The van der Waals surface area contributed by atoms with Crippen LogP contribution in [0.1, 0.15) is 25.0 Å². The molecule has 0 bridgehead atoms. The molecule has 55 heavy (non-hydrogen) atoms. The molecule has 0 unspecified atom stereocenters. The zero-order chi connectivity index (χ0) is 37.1. The third-order valence-corrected chi connectivity index (χ3v) is 11.0. The maximum atomic E-state index is 7.71. The molecule has 0 saturated carbocycles. The molecule has 4 heteroatoms. The van der Waals surface area contributed by atoms with Gasteiger partial charge in [-0.2, -0.15) is 0 Å². The molecule has 0 atom stereocenters. The fourth-order valence-corrected chi connectivity index (χ4v) is 8.17. The van der Waals surface area contributed by atoms with E-state index in [4.69, 9.17) is 16.3 Å². The predicted molar refractivity (Wildman–Crippen MR) is 225 cm³/mol. The van der Waals surface area contributed by atoms with Gasteiger partial charge in [-0.15, -0.1) is 0 Å². The van der Waals surface area contributed by atoms with Crippen LogP contribution in [0.2, 0.25) is 0 Å². The first-order valence-corrected chi connectivity index (χ1v) is 18.6. The summed E-state index contributed by atoms with van der Waals surface area (Å²) >= 11 is 0. The van der Waals surface area contributed by atoms with Crippen LogP contribution in [0.25, 0.3) is 77.1 Å². The molecule has 0 N–H and O–H groups in total. The summed E-state index contributed by atoms with van der Waals surface area (Å²) in [4.78, 5) is 8.97. The van der Waals surface area contributed by atoms with Crippen LogP contribution in [0.4, 0.5) is 5.69 Å². The maximum absolute atomic E-state index is 7.71. The zero-order valence-corrected chi connectivity index (χ0v) is 30.5. The van der Waals surface area contributed by atoms with Gasteiger partial charge < -0.3 is 9.30 Å². The van der Waals surface area contributed by atoms with E-state index in [1.165, 1.54) is 0 Å². The average Bonchev–Trinajstić information content (AvgIpc) is 3.57. The van der Waals surface area contributed by atoms with E-state index in [0.717, 1.165) is 94.9 Å². The van der Waals surface area contributed by atoms with Crippen LogP contribution < -0.4 is 4.74 Å². The molecule has 260 valence electrons. The van der Waals surface area contributed by atoms with E-state index in [9.17, 15) is 0 Å². The highest BCUT2D eigenvalue weighted by Crippen LogP contribution is 2.50. The van der Waals surface area contributed by atoms with Gasteiger partial charge in [-0.25, -0.2) is 9.83 Å². The van der Waals surface area contributed by atoms with E-state index >= 15 is 0 Å². The molecule has 9 aromatic rings. The lowest BCUT2D eigenvalue weighted by atomic mass is 9.74. The molecule has 0 spiro atoms. The number of ether oxygens (including phenoxy) is 1. The van der Waals surface area contributed by atoms with Crippen molar-refractivity contribution in [1.29, 1.82) is 0 Å². The molecule has 0 saturated heterocycles. The first kappa shape index (κ1) is 32.4. The number of para-hydroxylation sites is 1. The topological polar surface area (TPSA) is 31.4 Å². The Morgan fingerprint density at radius 1 is 0.491 bits per heavy atom. The summed E-state index contributed by atoms with van der Waals surface area (Å²) < 4.78 is 8.92. The Balaban J connectivity index is 1.07. The number of aromatic nitrogens is 2. The summed E-state index contributed by atoms with van der Waals surface area (Å²) in [5.41, 5.74) is 14.3. The Bertz CT molecular complexity index is 2920. The molecule has 4 nitrogen and oxygen atoms in total. The van der Waals surface area contributed by atoms with Crippen LogP contribution in [-0.4, -0.2) is 9.55 Å². The lowest BCUT2D eigenvalue weighted by Gasteiger charge is -2.35. The highest BCUT2D eigenvalue weighted by molar-refractivity contribution is 6.11. The van der Waals surface area contributed by atoms with Crippen molar-refractivity contribution in [3.8, 4) is 62.0 Å². The Morgan fingerprint density at radius 2 is 1.02 bits per heavy atom. The second kappa shape index (κ2) is 12.7. The molecule has 10 rings (SSSR count). The molecule has 7 aromatic carbocycles. The second-order valence-electron chi connectivity index (χ2n) is 14.7. The molecule has 3 heterocycles. The van der Waals surface area contributed by atoms with Crippen molar-refractivity contribution in [3.05, 3.63) is 198 Å². The summed E-state index contributed by atoms with van der Waals surface area (Å²) in [6.07, 6.45) is 0. The first-order chi connectivity index (χ1) is 26.9. The highest BCUT2D eigenvalue weighted by Gasteiger charge is 2.35. The molecule has 1 aliphatic heterocycles. The zero-order valence-electron chi connectivity index (χ0n) is 30.5. The monoisotopic (exact) mass is 705 g/mol. The van der Waals surface area contributed by atoms with Gasteiger partial charge >= 0.3 is 0 Å².